The number of hydrogen-bond donors (Lipinski definition) is 0. The van der Waals surface area contributed by atoms with Crippen molar-refractivity contribution in [3.05, 3.63) is 33.9 Å². The molecule has 0 aliphatic rings. The van der Waals surface area contributed by atoms with E-state index in [1.54, 1.807) is 10.9 Å². The molecule has 0 unspecified atom stereocenters. The van der Waals surface area contributed by atoms with Crippen LogP contribution in [0, 0.1) is 6.92 Å². The van der Waals surface area contributed by atoms with Crippen molar-refractivity contribution in [3.63, 3.8) is 0 Å². The summed E-state index contributed by atoms with van der Waals surface area (Å²) < 4.78 is 2.54. The van der Waals surface area contributed by atoms with Gasteiger partial charge in [-0.1, -0.05) is 11.6 Å². The van der Waals surface area contributed by atoms with Crippen LogP contribution in [0.25, 0.3) is 5.82 Å². The highest BCUT2D eigenvalue weighted by Crippen LogP contribution is 2.18. The van der Waals surface area contributed by atoms with Gasteiger partial charge in [0.15, 0.2) is 5.82 Å². The van der Waals surface area contributed by atoms with Gasteiger partial charge < -0.3 is 0 Å². The average Bonchev–Trinajstić information content (AvgIpc) is 2.57. The lowest BCUT2D eigenvalue weighted by molar-refractivity contribution is 0.829. The maximum absolute atomic E-state index is 5.87. The first kappa shape index (κ1) is 9.61. The van der Waals surface area contributed by atoms with Gasteiger partial charge in [0.25, 0.3) is 0 Å². The van der Waals surface area contributed by atoms with E-state index in [1.165, 1.54) is 6.33 Å². The molecule has 0 N–H and O–H groups in total. The number of hydrogen-bond acceptors (Lipinski definition) is 3. The van der Waals surface area contributed by atoms with Crippen LogP contribution in [0.4, 0.5) is 0 Å². The van der Waals surface area contributed by atoms with Crippen molar-refractivity contribution in [2.24, 2.45) is 0 Å². The van der Waals surface area contributed by atoms with Gasteiger partial charge in [-0.2, -0.15) is 5.10 Å². The lowest BCUT2D eigenvalue weighted by Crippen LogP contribution is -2.02. The first-order valence-corrected chi connectivity index (χ1v) is 5.03. The number of rotatable bonds is 1. The molecule has 0 aliphatic carbocycles. The van der Waals surface area contributed by atoms with Crippen LogP contribution in [0.3, 0.4) is 0 Å². The first-order chi connectivity index (χ1) is 6.68. The fourth-order valence-electron chi connectivity index (χ4n) is 1.07. The van der Waals surface area contributed by atoms with Crippen LogP contribution in [0.2, 0.25) is 5.15 Å². The quantitative estimate of drug-likeness (QED) is 0.749. The minimum Gasteiger partial charge on any atom is -0.224 e. The van der Waals surface area contributed by atoms with Crippen LogP contribution in [-0.2, 0) is 0 Å². The van der Waals surface area contributed by atoms with Crippen LogP contribution in [0.1, 0.15) is 5.56 Å². The van der Waals surface area contributed by atoms with Gasteiger partial charge in [0.2, 0.25) is 0 Å². The lowest BCUT2D eigenvalue weighted by Gasteiger charge is -2.03. The fourth-order valence-corrected chi connectivity index (χ4v) is 1.48. The van der Waals surface area contributed by atoms with Gasteiger partial charge in [0, 0.05) is 11.8 Å². The highest BCUT2D eigenvalue weighted by molar-refractivity contribution is 9.10. The Kier molecular flexibility index (Phi) is 2.52. The van der Waals surface area contributed by atoms with E-state index in [2.05, 4.69) is 31.0 Å². The van der Waals surface area contributed by atoms with Crippen LogP contribution in [-0.4, -0.2) is 19.7 Å². The molecule has 72 valence electrons. The van der Waals surface area contributed by atoms with Crippen molar-refractivity contribution in [1.29, 1.82) is 0 Å². The largest absolute Gasteiger partial charge is 0.224 e. The summed E-state index contributed by atoms with van der Waals surface area (Å²) in [6, 6.07) is 0. The van der Waals surface area contributed by atoms with Crippen molar-refractivity contribution >= 4 is 27.5 Å². The zero-order valence-corrected chi connectivity index (χ0v) is 9.62. The Morgan fingerprint density at radius 2 is 2.21 bits per heavy atom. The first-order valence-electron chi connectivity index (χ1n) is 3.86. The molecule has 0 fully saturated rings. The normalized spacial score (nSPS) is 10.5. The molecule has 0 amide bonds. The van der Waals surface area contributed by atoms with E-state index in [9.17, 15) is 0 Å². The third kappa shape index (κ3) is 1.65. The Hall–Kier alpha value is -0.940. The van der Waals surface area contributed by atoms with Crippen LogP contribution in [0.15, 0.2) is 23.2 Å². The Labute approximate surface area is 94.1 Å². The predicted molar refractivity (Wildman–Crippen MR) is 56.6 cm³/mol. The molecule has 0 spiro atoms. The smallest absolute Gasteiger partial charge is 0.161 e. The summed E-state index contributed by atoms with van der Waals surface area (Å²) in [5, 5.41) is 4.55. The summed E-state index contributed by atoms with van der Waals surface area (Å²) >= 11 is 9.18. The summed E-state index contributed by atoms with van der Waals surface area (Å²) in [5.41, 5.74) is 0.810. The lowest BCUT2D eigenvalue weighted by atomic mass is 10.3. The molecular formula is C8H6BrClN4. The standard InChI is InChI=1S/C8H6BrClN4/c1-5-7(10)11-4-12-8(5)14-3-6(9)2-13-14/h2-4H,1H3. The van der Waals surface area contributed by atoms with Crippen molar-refractivity contribution in [2.75, 3.05) is 0 Å². The summed E-state index contributed by atoms with van der Waals surface area (Å²) in [6.45, 7) is 1.85. The van der Waals surface area contributed by atoms with Crippen molar-refractivity contribution in [1.82, 2.24) is 19.7 Å². The molecule has 0 bridgehead atoms. The fraction of sp³-hybridized carbons (Fsp3) is 0.125. The molecule has 14 heavy (non-hydrogen) atoms. The highest BCUT2D eigenvalue weighted by Gasteiger charge is 2.07. The highest BCUT2D eigenvalue weighted by atomic mass is 79.9. The van der Waals surface area contributed by atoms with E-state index in [1.807, 2.05) is 13.1 Å². The van der Waals surface area contributed by atoms with E-state index < -0.39 is 0 Å². The maximum Gasteiger partial charge on any atom is 0.161 e. The van der Waals surface area contributed by atoms with Gasteiger partial charge in [-0.05, 0) is 22.9 Å². The van der Waals surface area contributed by atoms with Gasteiger partial charge >= 0.3 is 0 Å². The second kappa shape index (κ2) is 3.67. The molecule has 2 aromatic rings. The number of nitrogens with zero attached hydrogens (tertiary/aromatic N) is 4. The summed E-state index contributed by atoms with van der Waals surface area (Å²) in [5.74, 6) is 0.690. The van der Waals surface area contributed by atoms with E-state index >= 15 is 0 Å². The van der Waals surface area contributed by atoms with E-state index in [0.717, 1.165) is 10.0 Å². The predicted octanol–water partition coefficient (Wildman–Crippen LogP) is 2.39. The van der Waals surface area contributed by atoms with Crippen LogP contribution >= 0.6 is 27.5 Å². The molecule has 4 nitrogen and oxygen atoms in total. The van der Waals surface area contributed by atoms with Crippen molar-refractivity contribution in [3.8, 4) is 5.82 Å². The zero-order chi connectivity index (χ0) is 10.1. The van der Waals surface area contributed by atoms with E-state index in [4.69, 9.17) is 11.6 Å². The number of aromatic nitrogens is 4. The molecule has 2 aromatic heterocycles. The van der Waals surface area contributed by atoms with E-state index in [0.29, 0.717) is 11.0 Å². The average molecular weight is 274 g/mol. The molecule has 0 radical (unpaired) electrons. The van der Waals surface area contributed by atoms with Gasteiger partial charge in [-0.25, -0.2) is 14.6 Å². The Morgan fingerprint density at radius 1 is 1.43 bits per heavy atom. The molecule has 2 rings (SSSR count). The molecule has 0 saturated carbocycles. The topological polar surface area (TPSA) is 43.6 Å². The third-order valence-corrected chi connectivity index (χ3v) is 2.55. The Bertz CT molecular complexity index is 468. The SMILES string of the molecule is Cc1c(Cl)ncnc1-n1cc(Br)cn1. The molecule has 0 aromatic carbocycles. The monoisotopic (exact) mass is 272 g/mol. The van der Waals surface area contributed by atoms with Crippen LogP contribution < -0.4 is 0 Å². The van der Waals surface area contributed by atoms with Gasteiger partial charge in [0.1, 0.15) is 11.5 Å². The molecule has 0 saturated heterocycles. The molecule has 6 heteroatoms. The maximum atomic E-state index is 5.87. The summed E-state index contributed by atoms with van der Waals surface area (Å²) in [7, 11) is 0. The second-order valence-corrected chi connectivity index (χ2v) is 3.99. The van der Waals surface area contributed by atoms with Gasteiger partial charge in [-0.3, -0.25) is 0 Å². The summed E-state index contributed by atoms with van der Waals surface area (Å²) in [6.07, 6.45) is 4.92. The molecular weight excluding hydrogens is 267 g/mol. The van der Waals surface area contributed by atoms with Crippen molar-refractivity contribution in [2.45, 2.75) is 6.92 Å². The Morgan fingerprint density at radius 3 is 2.86 bits per heavy atom. The number of halogens is 2. The molecule has 0 aliphatic heterocycles. The summed E-state index contributed by atoms with van der Waals surface area (Å²) in [4.78, 5) is 7.98. The molecule has 2 heterocycles. The van der Waals surface area contributed by atoms with Gasteiger partial charge in [0.05, 0.1) is 10.7 Å². The Balaban J connectivity index is 2.57. The van der Waals surface area contributed by atoms with E-state index in [-0.39, 0.29) is 0 Å². The third-order valence-electron chi connectivity index (χ3n) is 1.76. The molecule has 0 atom stereocenters. The minimum atomic E-state index is 0.446. The zero-order valence-electron chi connectivity index (χ0n) is 7.28. The van der Waals surface area contributed by atoms with Gasteiger partial charge in [-0.15, -0.1) is 0 Å². The van der Waals surface area contributed by atoms with Crippen molar-refractivity contribution < 1.29 is 0 Å². The second-order valence-electron chi connectivity index (χ2n) is 2.72. The van der Waals surface area contributed by atoms with Crippen LogP contribution in [0.5, 0.6) is 0 Å². The minimum absolute atomic E-state index is 0.446.